The summed E-state index contributed by atoms with van der Waals surface area (Å²) in [5.74, 6) is -0.306. The Bertz CT molecular complexity index is 497. The Morgan fingerprint density at radius 1 is 1.26 bits per heavy atom. The monoisotopic (exact) mass is 282 g/mol. The van der Waals surface area contributed by atoms with Gasteiger partial charge >= 0.3 is 0 Å². The van der Waals surface area contributed by atoms with Crippen LogP contribution in [0.15, 0.2) is 34.5 Å². The van der Waals surface area contributed by atoms with Crippen LogP contribution in [0, 0.1) is 0 Å². The number of nitrogens with zero attached hydrogens (tertiary/aromatic N) is 2. The number of oxime groups is 1. The van der Waals surface area contributed by atoms with Crippen LogP contribution < -0.4 is 10.7 Å². The highest BCUT2D eigenvalue weighted by molar-refractivity contribution is 6.40. The van der Waals surface area contributed by atoms with E-state index in [1.54, 1.807) is 38.1 Å². The molecular formula is C12H15ClN4O2. The van der Waals surface area contributed by atoms with Crippen LogP contribution in [-0.4, -0.2) is 29.1 Å². The molecule has 0 aliphatic heterocycles. The largest absolute Gasteiger partial charge is 0.411 e. The average molecular weight is 283 g/mol. The highest BCUT2D eigenvalue weighted by Crippen LogP contribution is 2.12. The van der Waals surface area contributed by atoms with E-state index in [2.05, 4.69) is 21.0 Å². The van der Waals surface area contributed by atoms with Crippen molar-refractivity contribution >= 4 is 34.6 Å². The number of benzene rings is 1. The van der Waals surface area contributed by atoms with Gasteiger partial charge in [0.25, 0.3) is 5.91 Å². The third kappa shape index (κ3) is 5.39. The van der Waals surface area contributed by atoms with Gasteiger partial charge < -0.3 is 10.5 Å². The van der Waals surface area contributed by atoms with Gasteiger partial charge in [-0.2, -0.15) is 5.10 Å². The number of amides is 1. The maximum absolute atomic E-state index is 11.5. The number of carbonyl (C=O) groups excluding carboxylic acids is 1. The zero-order valence-corrected chi connectivity index (χ0v) is 11.4. The lowest BCUT2D eigenvalue weighted by Crippen LogP contribution is -2.27. The Hall–Kier alpha value is -2.08. The van der Waals surface area contributed by atoms with E-state index in [1.165, 1.54) is 0 Å². The number of nitrogens with one attached hydrogen (secondary N) is 2. The average Bonchev–Trinajstić information content (AvgIpc) is 2.43. The maximum atomic E-state index is 11.5. The van der Waals surface area contributed by atoms with Gasteiger partial charge in [0.05, 0.1) is 18.0 Å². The van der Waals surface area contributed by atoms with Crippen molar-refractivity contribution in [2.75, 3.05) is 11.9 Å². The van der Waals surface area contributed by atoms with Gasteiger partial charge in [0, 0.05) is 10.7 Å². The number of hydrogen-bond donors (Lipinski definition) is 3. The Morgan fingerprint density at radius 2 is 1.89 bits per heavy atom. The SMILES string of the molecule is CC(=NO)C(C)=NNC(=O)CNc1ccc(Cl)cc1. The third-order valence-electron chi connectivity index (χ3n) is 2.32. The molecule has 0 bridgehead atoms. The highest BCUT2D eigenvalue weighted by atomic mass is 35.5. The number of anilines is 1. The van der Waals surface area contributed by atoms with Crippen molar-refractivity contribution in [1.82, 2.24) is 5.43 Å². The Labute approximate surface area is 116 Å². The zero-order valence-electron chi connectivity index (χ0n) is 10.6. The van der Waals surface area contributed by atoms with Gasteiger partial charge in [-0.3, -0.25) is 4.79 Å². The summed E-state index contributed by atoms with van der Waals surface area (Å²) >= 11 is 5.75. The van der Waals surface area contributed by atoms with Crippen molar-refractivity contribution in [3.05, 3.63) is 29.3 Å². The van der Waals surface area contributed by atoms with Crippen LogP contribution in [0.1, 0.15) is 13.8 Å². The molecule has 1 aromatic carbocycles. The Morgan fingerprint density at radius 3 is 2.47 bits per heavy atom. The zero-order chi connectivity index (χ0) is 14.3. The lowest BCUT2D eigenvalue weighted by Gasteiger charge is -2.05. The number of hydrazone groups is 1. The van der Waals surface area contributed by atoms with Gasteiger partial charge in [0.15, 0.2) is 0 Å². The predicted molar refractivity (Wildman–Crippen MR) is 76.1 cm³/mol. The second-order valence-electron chi connectivity index (χ2n) is 3.78. The minimum absolute atomic E-state index is 0.0771. The molecule has 0 aliphatic rings. The summed E-state index contributed by atoms with van der Waals surface area (Å²) in [6.45, 7) is 3.28. The number of halogens is 1. The van der Waals surface area contributed by atoms with Gasteiger partial charge in [0.2, 0.25) is 0 Å². The third-order valence-corrected chi connectivity index (χ3v) is 2.57. The molecule has 0 atom stereocenters. The molecule has 0 saturated carbocycles. The first-order valence-corrected chi connectivity index (χ1v) is 5.92. The molecule has 1 aromatic rings. The van der Waals surface area contributed by atoms with E-state index >= 15 is 0 Å². The summed E-state index contributed by atoms with van der Waals surface area (Å²) in [5.41, 5.74) is 3.90. The first-order chi connectivity index (χ1) is 9.02. The summed E-state index contributed by atoms with van der Waals surface area (Å²) in [7, 11) is 0. The molecule has 19 heavy (non-hydrogen) atoms. The van der Waals surface area contributed by atoms with Gasteiger partial charge in [-0.25, -0.2) is 5.43 Å². The van der Waals surface area contributed by atoms with Crippen molar-refractivity contribution < 1.29 is 10.0 Å². The van der Waals surface area contributed by atoms with Crippen LogP contribution >= 0.6 is 11.6 Å². The van der Waals surface area contributed by atoms with E-state index in [4.69, 9.17) is 16.8 Å². The molecule has 1 amide bonds. The van der Waals surface area contributed by atoms with Crippen LogP contribution in [0.5, 0.6) is 0 Å². The van der Waals surface area contributed by atoms with Crippen molar-refractivity contribution in [3.63, 3.8) is 0 Å². The van der Waals surface area contributed by atoms with E-state index in [1.807, 2.05) is 0 Å². The van der Waals surface area contributed by atoms with Gasteiger partial charge in [0.1, 0.15) is 0 Å². The van der Waals surface area contributed by atoms with Gasteiger partial charge in [-0.15, -0.1) is 0 Å². The molecule has 0 aromatic heterocycles. The summed E-state index contributed by atoms with van der Waals surface area (Å²) in [5, 5.41) is 18.8. The topological polar surface area (TPSA) is 86.1 Å². The van der Waals surface area contributed by atoms with Crippen LogP contribution in [0.3, 0.4) is 0 Å². The minimum atomic E-state index is -0.306. The molecule has 0 radical (unpaired) electrons. The van der Waals surface area contributed by atoms with Crippen molar-refractivity contribution in [3.8, 4) is 0 Å². The van der Waals surface area contributed by atoms with Gasteiger partial charge in [-0.1, -0.05) is 16.8 Å². The van der Waals surface area contributed by atoms with Crippen LogP contribution in [0.25, 0.3) is 0 Å². The molecule has 0 heterocycles. The molecule has 102 valence electrons. The van der Waals surface area contributed by atoms with E-state index < -0.39 is 0 Å². The normalized spacial score (nSPS) is 12.2. The second-order valence-corrected chi connectivity index (χ2v) is 4.21. The molecule has 0 unspecified atom stereocenters. The standard InChI is InChI=1S/C12H15ClN4O2/c1-8(9(2)17-19)15-16-12(18)7-14-11-5-3-10(13)4-6-11/h3-6,14,19H,7H2,1-2H3,(H,16,18). The first-order valence-electron chi connectivity index (χ1n) is 5.54. The van der Waals surface area contributed by atoms with Crippen molar-refractivity contribution in [2.24, 2.45) is 10.3 Å². The first kappa shape index (κ1) is 15.0. The molecular weight excluding hydrogens is 268 g/mol. The van der Waals surface area contributed by atoms with Crippen LogP contribution in [0.2, 0.25) is 5.02 Å². The molecule has 7 heteroatoms. The van der Waals surface area contributed by atoms with Crippen LogP contribution in [0.4, 0.5) is 5.69 Å². The Kier molecular flexibility index (Phi) is 5.81. The second kappa shape index (κ2) is 7.38. The molecule has 0 fully saturated rings. The molecule has 0 spiro atoms. The summed E-state index contributed by atoms with van der Waals surface area (Å²) in [4.78, 5) is 11.5. The fraction of sp³-hybridized carbons (Fsp3) is 0.250. The molecule has 1 rings (SSSR count). The maximum Gasteiger partial charge on any atom is 0.259 e. The smallest absolute Gasteiger partial charge is 0.259 e. The minimum Gasteiger partial charge on any atom is -0.411 e. The quantitative estimate of drug-likeness (QED) is 0.439. The summed E-state index contributed by atoms with van der Waals surface area (Å²) in [6, 6.07) is 7.00. The molecule has 0 aliphatic carbocycles. The fourth-order valence-corrected chi connectivity index (χ4v) is 1.22. The Balaban J connectivity index is 2.42. The van der Waals surface area contributed by atoms with E-state index in [9.17, 15) is 4.79 Å². The number of carbonyl (C=O) groups is 1. The van der Waals surface area contributed by atoms with E-state index in [0.29, 0.717) is 16.4 Å². The lowest BCUT2D eigenvalue weighted by molar-refractivity contribution is -0.119. The molecule has 6 nitrogen and oxygen atoms in total. The summed E-state index contributed by atoms with van der Waals surface area (Å²) in [6.07, 6.45) is 0. The van der Waals surface area contributed by atoms with Crippen molar-refractivity contribution in [2.45, 2.75) is 13.8 Å². The molecule has 0 saturated heterocycles. The fourth-order valence-electron chi connectivity index (χ4n) is 1.09. The van der Waals surface area contributed by atoms with E-state index in [0.717, 1.165) is 5.69 Å². The number of hydrogen-bond acceptors (Lipinski definition) is 5. The molecule has 3 N–H and O–H groups in total. The predicted octanol–water partition coefficient (Wildman–Crippen LogP) is 2.09. The van der Waals surface area contributed by atoms with Crippen molar-refractivity contribution in [1.29, 1.82) is 0 Å². The highest BCUT2D eigenvalue weighted by Gasteiger charge is 2.01. The van der Waals surface area contributed by atoms with Gasteiger partial charge in [-0.05, 0) is 38.1 Å². The van der Waals surface area contributed by atoms with E-state index in [-0.39, 0.29) is 12.5 Å². The van der Waals surface area contributed by atoms with Crippen LogP contribution in [-0.2, 0) is 4.79 Å². The lowest BCUT2D eigenvalue weighted by atomic mass is 10.3. The summed E-state index contributed by atoms with van der Waals surface area (Å²) < 4.78 is 0. The number of rotatable bonds is 5.